The molecular formula is C17H19BrFN. The number of benzene rings is 2. The Kier molecular flexibility index (Phi) is 5.74. The summed E-state index contributed by atoms with van der Waals surface area (Å²) in [5.41, 5.74) is 2.30. The van der Waals surface area contributed by atoms with Crippen LogP contribution >= 0.6 is 15.9 Å². The third kappa shape index (κ3) is 4.15. The first-order valence-corrected chi connectivity index (χ1v) is 7.70. The minimum absolute atomic E-state index is 0.197. The Hall–Kier alpha value is -1.19. The molecule has 0 aliphatic rings. The summed E-state index contributed by atoms with van der Waals surface area (Å²) in [6, 6.07) is 15.9. The molecule has 2 rings (SSSR count). The Labute approximate surface area is 128 Å². The van der Waals surface area contributed by atoms with Gasteiger partial charge in [-0.05, 0) is 52.5 Å². The molecule has 0 saturated carbocycles. The zero-order chi connectivity index (χ0) is 14.4. The van der Waals surface area contributed by atoms with Crippen LogP contribution < -0.4 is 5.32 Å². The summed E-state index contributed by atoms with van der Waals surface area (Å²) in [6.07, 6.45) is 1.75. The van der Waals surface area contributed by atoms with E-state index < -0.39 is 0 Å². The second-order valence-corrected chi connectivity index (χ2v) is 5.65. The number of likely N-dealkylation sites (N-methyl/N-ethyl adjacent to an activating group) is 1. The van der Waals surface area contributed by atoms with Gasteiger partial charge in [0.25, 0.3) is 0 Å². The lowest BCUT2D eigenvalue weighted by atomic mass is 9.99. The van der Waals surface area contributed by atoms with Crippen LogP contribution in [0.3, 0.4) is 0 Å². The van der Waals surface area contributed by atoms with Gasteiger partial charge in [0.05, 0.1) is 4.47 Å². The van der Waals surface area contributed by atoms with E-state index in [4.69, 9.17) is 0 Å². The Morgan fingerprint density at radius 2 is 1.80 bits per heavy atom. The molecule has 0 aliphatic heterocycles. The highest BCUT2D eigenvalue weighted by Crippen LogP contribution is 2.22. The van der Waals surface area contributed by atoms with Gasteiger partial charge in [-0.25, -0.2) is 4.39 Å². The molecular weight excluding hydrogens is 317 g/mol. The molecule has 0 heterocycles. The number of hydrogen-bond donors (Lipinski definition) is 1. The molecule has 0 amide bonds. The maximum Gasteiger partial charge on any atom is 0.137 e. The third-order valence-corrected chi connectivity index (χ3v) is 4.20. The second-order valence-electron chi connectivity index (χ2n) is 4.86. The molecule has 0 aliphatic carbocycles. The molecule has 20 heavy (non-hydrogen) atoms. The molecule has 2 aromatic carbocycles. The van der Waals surface area contributed by atoms with Crippen molar-refractivity contribution in [2.24, 2.45) is 0 Å². The molecule has 0 radical (unpaired) electrons. The Bertz CT molecular complexity index is 542. The second kappa shape index (κ2) is 7.55. The Morgan fingerprint density at radius 1 is 1.05 bits per heavy atom. The Balaban J connectivity index is 2.11. The number of nitrogens with one attached hydrogen (secondary N) is 1. The summed E-state index contributed by atoms with van der Waals surface area (Å²) < 4.78 is 14.2. The average molecular weight is 336 g/mol. The van der Waals surface area contributed by atoms with Gasteiger partial charge < -0.3 is 5.32 Å². The van der Waals surface area contributed by atoms with E-state index in [0.29, 0.717) is 10.5 Å². The summed E-state index contributed by atoms with van der Waals surface area (Å²) in [4.78, 5) is 0. The molecule has 2 aromatic rings. The molecule has 1 unspecified atom stereocenters. The van der Waals surface area contributed by atoms with Gasteiger partial charge in [0.15, 0.2) is 0 Å². The quantitative estimate of drug-likeness (QED) is 0.827. The van der Waals surface area contributed by atoms with Crippen LogP contribution in [0.25, 0.3) is 0 Å². The van der Waals surface area contributed by atoms with Crippen molar-refractivity contribution >= 4 is 15.9 Å². The van der Waals surface area contributed by atoms with Gasteiger partial charge in [-0.1, -0.05) is 49.4 Å². The molecule has 0 fully saturated rings. The minimum Gasteiger partial charge on any atom is -0.314 e. The van der Waals surface area contributed by atoms with Crippen molar-refractivity contribution in [3.63, 3.8) is 0 Å². The lowest BCUT2D eigenvalue weighted by Gasteiger charge is -2.19. The molecule has 0 aromatic heterocycles. The summed E-state index contributed by atoms with van der Waals surface area (Å²) in [6.45, 7) is 3.00. The van der Waals surface area contributed by atoms with Crippen LogP contribution in [0.5, 0.6) is 0 Å². The standard InChI is InChI=1S/C17H19BrFN/c1-2-20-15(11-13-7-4-3-5-8-13)12-14-9-6-10-16(19)17(14)18/h3-10,15,20H,2,11-12H2,1H3. The van der Waals surface area contributed by atoms with E-state index >= 15 is 0 Å². The normalized spacial score (nSPS) is 12.3. The zero-order valence-electron chi connectivity index (χ0n) is 11.6. The largest absolute Gasteiger partial charge is 0.314 e. The van der Waals surface area contributed by atoms with Gasteiger partial charge in [-0.2, -0.15) is 0 Å². The first-order chi connectivity index (χ1) is 9.70. The SMILES string of the molecule is CCNC(Cc1ccccc1)Cc1cccc(F)c1Br. The number of rotatable bonds is 6. The lowest BCUT2D eigenvalue weighted by molar-refractivity contribution is 0.518. The van der Waals surface area contributed by atoms with Crippen LogP contribution in [0.2, 0.25) is 0 Å². The van der Waals surface area contributed by atoms with Crippen molar-refractivity contribution in [1.29, 1.82) is 0 Å². The fraction of sp³-hybridized carbons (Fsp3) is 0.294. The van der Waals surface area contributed by atoms with Gasteiger partial charge >= 0.3 is 0 Å². The molecule has 0 saturated heterocycles. The van der Waals surface area contributed by atoms with Crippen LogP contribution in [0.4, 0.5) is 4.39 Å². The predicted molar refractivity (Wildman–Crippen MR) is 85.4 cm³/mol. The van der Waals surface area contributed by atoms with Crippen molar-refractivity contribution in [2.75, 3.05) is 6.54 Å². The molecule has 0 bridgehead atoms. The van der Waals surface area contributed by atoms with Crippen LogP contribution in [0, 0.1) is 5.82 Å². The van der Waals surface area contributed by atoms with Gasteiger partial charge in [0.1, 0.15) is 5.82 Å². The van der Waals surface area contributed by atoms with Crippen molar-refractivity contribution in [3.8, 4) is 0 Å². The summed E-state index contributed by atoms with van der Waals surface area (Å²) >= 11 is 3.34. The third-order valence-electron chi connectivity index (χ3n) is 3.32. The highest BCUT2D eigenvalue weighted by Gasteiger charge is 2.13. The summed E-state index contributed by atoms with van der Waals surface area (Å²) in [7, 11) is 0. The molecule has 1 N–H and O–H groups in total. The topological polar surface area (TPSA) is 12.0 Å². The monoisotopic (exact) mass is 335 g/mol. The fourth-order valence-electron chi connectivity index (χ4n) is 2.38. The number of halogens is 2. The smallest absolute Gasteiger partial charge is 0.137 e. The summed E-state index contributed by atoms with van der Waals surface area (Å²) in [5, 5.41) is 3.48. The molecule has 3 heteroatoms. The van der Waals surface area contributed by atoms with Crippen molar-refractivity contribution < 1.29 is 4.39 Å². The van der Waals surface area contributed by atoms with Gasteiger partial charge in [-0.3, -0.25) is 0 Å². The first kappa shape index (κ1) is 15.2. The van der Waals surface area contributed by atoms with Crippen LogP contribution in [-0.2, 0) is 12.8 Å². The summed E-state index contributed by atoms with van der Waals surface area (Å²) in [5.74, 6) is -0.197. The molecule has 0 spiro atoms. The van der Waals surface area contributed by atoms with Gasteiger partial charge in [-0.15, -0.1) is 0 Å². The van der Waals surface area contributed by atoms with Gasteiger partial charge in [0.2, 0.25) is 0 Å². The van der Waals surface area contributed by atoms with E-state index in [0.717, 1.165) is 24.9 Å². The van der Waals surface area contributed by atoms with Crippen molar-refractivity contribution in [3.05, 3.63) is 69.9 Å². The highest BCUT2D eigenvalue weighted by molar-refractivity contribution is 9.10. The van der Waals surface area contributed by atoms with Crippen molar-refractivity contribution in [2.45, 2.75) is 25.8 Å². The predicted octanol–water partition coefficient (Wildman–Crippen LogP) is 4.35. The first-order valence-electron chi connectivity index (χ1n) is 6.91. The van der Waals surface area contributed by atoms with E-state index in [1.165, 1.54) is 11.6 Å². The molecule has 106 valence electrons. The van der Waals surface area contributed by atoms with E-state index in [1.807, 2.05) is 12.1 Å². The van der Waals surface area contributed by atoms with E-state index in [9.17, 15) is 4.39 Å². The Morgan fingerprint density at radius 3 is 2.50 bits per heavy atom. The maximum atomic E-state index is 13.6. The fourth-order valence-corrected chi connectivity index (χ4v) is 2.80. The van der Waals surface area contributed by atoms with Gasteiger partial charge in [0, 0.05) is 6.04 Å². The lowest BCUT2D eigenvalue weighted by Crippen LogP contribution is -2.33. The van der Waals surface area contributed by atoms with E-state index in [-0.39, 0.29) is 5.82 Å². The molecule has 1 nitrogen and oxygen atoms in total. The maximum absolute atomic E-state index is 13.6. The van der Waals surface area contributed by atoms with Crippen LogP contribution in [0.1, 0.15) is 18.1 Å². The van der Waals surface area contributed by atoms with E-state index in [1.54, 1.807) is 6.07 Å². The highest BCUT2D eigenvalue weighted by atomic mass is 79.9. The van der Waals surface area contributed by atoms with Crippen LogP contribution in [0.15, 0.2) is 53.0 Å². The zero-order valence-corrected chi connectivity index (χ0v) is 13.2. The number of hydrogen-bond acceptors (Lipinski definition) is 1. The van der Waals surface area contributed by atoms with Crippen LogP contribution in [-0.4, -0.2) is 12.6 Å². The average Bonchev–Trinajstić information content (AvgIpc) is 2.45. The minimum atomic E-state index is -0.197. The van der Waals surface area contributed by atoms with Crippen molar-refractivity contribution in [1.82, 2.24) is 5.32 Å². The van der Waals surface area contributed by atoms with E-state index in [2.05, 4.69) is 52.4 Å². The molecule has 1 atom stereocenters.